The van der Waals surface area contributed by atoms with Crippen LogP contribution in [0.25, 0.3) is 0 Å². The molecule has 148 valence electrons. The van der Waals surface area contributed by atoms with Crippen molar-refractivity contribution in [1.82, 2.24) is 0 Å². The first-order valence-corrected chi connectivity index (χ1v) is 8.72. The first-order valence-electron chi connectivity index (χ1n) is 8.72. The average Bonchev–Trinajstić information content (AvgIpc) is 3.13. The molecule has 1 heterocycles. The predicted octanol–water partition coefficient (Wildman–Crippen LogP) is 2.62. The minimum atomic E-state index is 0.0511. The summed E-state index contributed by atoms with van der Waals surface area (Å²) in [6.07, 6.45) is 2.21. The van der Waals surface area contributed by atoms with E-state index < -0.39 is 0 Å². The maximum Gasteiger partial charge on any atom is 0.231 e. The fourth-order valence-corrected chi connectivity index (χ4v) is 2.31. The maximum atomic E-state index is 5.62. The van der Waals surface area contributed by atoms with Gasteiger partial charge in [0.1, 0.15) is 0 Å². The Hall–Kier alpha value is -1.90. The van der Waals surface area contributed by atoms with E-state index in [0.29, 0.717) is 55.2 Å². The molecule has 2 rings (SSSR count). The number of ether oxygens (including phenoxy) is 8. The van der Waals surface area contributed by atoms with Gasteiger partial charge in [-0.05, 0) is 6.42 Å². The van der Waals surface area contributed by atoms with Crippen molar-refractivity contribution in [3.05, 3.63) is 6.07 Å². The van der Waals surface area contributed by atoms with Crippen LogP contribution in [0.2, 0.25) is 0 Å². The summed E-state index contributed by atoms with van der Waals surface area (Å²) in [4.78, 5) is 0. The summed E-state index contributed by atoms with van der Waals surface area (Å²) in [5, 5.41) is 0. The van der Waals surface area contributed by atoms with Crippen molar-refractivity contribution in [3.8, 4) is 28.7 Å². The fraction of sp³-hybridized carbons (Fsp3) is 0.667. The molecule has 8 heteroatoms. The van der Waals surface area contributed by atoms with Crippen LogP contribution in [-0.4, -0.2) is 60.8 Å². The van der Waals surface area contributed by atoms with Crippen LogP contribution in [0.4, 0.5) is 0 Å². The minimum Gasteiger partial charge on any atom is -0.490 e. The molecule has 0 N–H and O–H groups in total. The highest BCUT2D eigenvalue weighted by molar-refractivity contribution is 5.66. The number of methoxy groups -OCH3 is 2. The molecule has 0 unspecified atom stereocenters. The lowest BCUT2D eigenvalue weighted by Gasteiger charge is -2.15. The Bertz CT molecular complexity index is 534. The highest BCUT2D eigenvalue weighted by Crippen LogP contribution is 2.52. The number of benzene rings is 1. The second-order valence-corrected chi connectivity index (χ2v) is 5.42. The van der Waals surface area contributed by atoms with Crippen molar-refractivity contribution in [3.63, 3.8) is 0 Å². The van der Waals surface area contributed by atoms with Gasteiger partial charge in [-0.1, -0.05) is 13.3 Å². The third kappa shape index (κ3) is 5.82. The summed E-state index contributed by atoms with van der Waals surface area (Å²) in [6.45, 7) is 5.15. The van der Waals surface area contributed by atoms with Gasteiger partial charge in [-0.3, -0.25) is 0 Å². The van der Waals surface area contributed by atoms with E-state index in [4.69, 9.17) is 37.9 Å². The van der Waals surface area contributed by atoms with Crippen LogP contribution in [0.5, 0.6) is 28.7 Å². The summed E-state index contributed by atoms with van der Waals surface area (Å²) >= 11 is 0. The van der Waals surface area contributed by atoms with Gasteiger partial charge in [0.25, 0.3) is 0 Å². The zero-order valence-corrected chi connectivity index (χ0v) is 15.7. The molecule has 1 aliphatic heterocycles. The summed E-state index contributed by atoms with van der Waals surface area (Å²) in [5.41, 5.74) is 0. The van der Waals surface area contributed by atoms with Gasteiger partial charge in [0.15, 0.2) is 18.3 Å². The molecule has 1 aromatic carbocycles. The van der Waals surface area contributed by atoms with Crippen LogP contribution in [0.15, 0.2) is 6.07 Å². The van der Waals surface area contributed by atoms with Crippen LogP contribution < -0.4 is 23.7 Å². The molecule has 0 fully saturated rings. The molecule has 0 spiro atoms. The zero-order chi connectivity index (χ0) is 18.6. The van der Waals surface area contributed by atoms with Gasteiger partial charge in [0.05, 0.1) is 40.6 Å². The second kappa shape index (κ2) is 11.7. The van der Waals surface area contributed by atoms with E-state index in [1.165, 1.54) is 14.2 Å². The number of fused-ring (bicyclic) bond motifs is 1. The molecule has 0 saturated heterocycles. The highest BCUT2D eigenvalue weighted by atomic mass is 16.7. The van der Waals surface area contributed by atoms with Crippen LogP contribution in [-0.2, 0) is 14.2 Å². The number of unbranched alkanes of at least 4 members (excludes halogenated alkanes) is 1. The third-order valence-corrected chi connectivity index (χ3v) is 3.63. The molecule has 0 bridgehead atoms. The molecule has 0 aliphatic carbocycles. The van der Waals surface area contributed by atoms with Crippen molar-refractivity contribution in [2.75, 3.05) is 60.8 Å². The minimum absolute atomic E-state index is 0.0511. The van der Waals surface area contributed by atoms with E-state index in [2.05, 4.69) is 6.92 Å². The summed E-state index contributed by atoms with van der Waals surface area (Å²) in [5.74, 6) is 2.37. The first kappa shape index (κ1) is 20.4. The number of rotatable bonds is 14. The average molecular weight is 372 g/mol. The van der Waals surface area contributed by atoms with E-state index in [0.717, 1.165) is 19.4 Å². The Morgan fingerprint density at radius 2 is 1.58 bits per heavy atom. The van der Waals surface area contributed by atoms with Gasteiger partial charge >= 0.3 is 0 Å². The van der Waals surface area contributed by atoms with Crippen LogP contribution >= 0.6 is 0 Å². The quantitative estimate of drug-likeness (QED) is 0.364. The molecular formula is C18H28O8. The Balaban J connectivity index is 1.67. The molecule has 0 saturated carbocycles. The predicted molar refractivity (Wildman–Crippen MR) is 93.7 cm³/mol. The molecule has 0 aromatic heterocycles. The molecule has 0 amide bonds. The molecule has 26 heavy (non-hydrogen) atoms. The van der Waals surface area contributed by atoms with Crippen LogP contribution in [0, 0.1) is 0 Å². The molecule has 1 aliphatic rings. The Labute approximate surface area is 154 Å². The van der Waals surface area contributed by atoms with E-state index in [-0.39, 0.29) is 13.6 Å². The standard InChI is InChI=1S/C18H28O8/c1-4-5-6-21-7-8-22-9-10-23-12-24-14-11-15-17(26-13-25-15)18(20-3)16(14)19-2/h11H,4-10,12-13H2,1-3H3. The summed E-state index contributed by atoms with van der Waals surface area (Å²) < 4.78 is 43.3. The van der Waals surface area contributed by atoms with Gasteiger partial charge in [-0.25, -0.2) is 0 Å². The molecule has 1 aromatic rings. The zero-order valence-electron chi connectivity index (χ0n) is 15.7. The fourth-order valence-electron chi connectivity index (χ4n) is 2.31. The van der Waals surface area contributed by atoms with E-state index >= 15 is 0 Å². The van der Waals surface area contributed by atoms with E-state index in [1.807, 2.05) is 0 Å². The van der Waals surface area contributed by atoms with Crippen LogP contribution in [0.1, 0.15) is 19.8 Å². The highest BCUT2D eigenvalue weighted by Gasteiger charge is 2.27. The van der Waals surface area contributed by atoms with Gasteiger partial charge in [-0.2, -0.15) is 0 Å². The topological polar surface area (TPSA) is 73.8 Å². The second-order valence-electron chi connectivity index (χ2n) is 5.42. The van der Waals surface area contributed by atoms with Gasteiger partial charge < -0.3 is 37.9 Å². The van der Waals surface area contributed by atoms with Crippen molar-refractivity contribution < 1.29 is 37.9 Å². The smallest absolute Gasteiger partial charge is 0.231 e. The lowest BCUT2D eigenvalue weighted by molar-refractivity contribution is -0.0274. The Morgan fingerprint density at radius 3 is 2.27 bits per heavy atom. The molecule has 0 atom stereocenters. The third-order valence-electron chi connectivity index (χ3n) is 3.63. The lowest BCUT2D eigenvalue weighted by atomic mass is 10.2. The molecule has 8 nitrogen and oxygen atoms in total. The normalized spacial score (nSPS) is 12.3. The van der Waals surface area contributed by atoms with Gasteiger partial charge in [0, 0.05) is 12.7 Å². The summed E-state index contributed by atoms with van der Waals surface area (Å²) in [6, 6.07) is 1.69. The van der Waals surface area contributed by atoms with Crippen molar-refractivity contribution >= 4 is 0 Å². The van der Waals surface area contributed by atoms with E-state index in [1.54, 1.807) is 6.07 Å². The Morgan fingerprint density at radius 1 is 0.885 bits per heavy atom. The largest absolute Gasteiger partial charge is 0.490 e. The molecule has 0 radical (unpaired) electrons. The Kier molecular flexibility index (Phi) is 9.16. The lowest BCUT2D eigenvalue weighted by Crippen LogP contribution is -2.12. The van der Waals surface area contributed by atoms with Gasteiger partial charge in [0.2, 0.25) is 24.0 Å². The first-order chi connectivity index (χ1) is 12.8. The van der Waals surface area contributed by atoms with Crippen molar-refractivity contribution in [2.45, 2.75) is 19.8 Å². The van der Waals surface area contributed by atoms with E-state index in [9.17, 15) is 0 Å². The number of hydrogen-bond acceptors (Lipinski definition) is 8. The van der Waals surface area contributed by atoms with Gasteiger partial charge in [-0.15, -0.1) is 0 Å². The summed E-state index contributed by atoms with van der Waals surface area (Å²) in [7, 11) is 3.06. The SMILES string of the molecule is CCCCOCCOCCOCOc1cc2c(c(OC)c1OC)OCO2. The maximum absolute atomic E-state index is 5.62. The van der Waals surface area contributed by atoms with Crippen molar-refractivity contribution in [2.24, 2.45) is 0 Å². The number of hydrogen-bond donors (Lipinski definition) is 0. The monoisotopic (exact) mass is 372 g/mol. The van der Waals surface area contributed by atoms with Crippen LogP contribution in [0.3, 0.4) is 0 Å². The molecular weight excluding hydrogens is 344 g/mol. The van der Waals surface area contributed by atoms with Crippen molar-refractivity contribution in [1.29, 1.82) is 0 Å².